The van der Waals surface area contributed by atoms with E-state index in [1.165, 1.54) is 0 Å². The first-order chi connectivity index (χ1) is 17.7. The number of anilines is 3. The number of ether oxygens (including phenoxy) is 1. The number of hydrogen-bond acceptors (Lipinski definition) is 5. The molecule has 1 fully saturated rings. The van der Waals surface area contributed by atoms with Gasteiger partial charge in [0.15, 0.2) is 6.61 Å². The number of benzene rings is 3. The summed E-state index contributed by atoms with van der Waals surface area (Å²) in [4.78, 5) is 39.2. The van der Waals surface area contributed by atoms with Crippen molar-refractivity contribution in [1.29, 1.82) is 0 Å². The van der Waals surface area contributed by atoms with Crippen LogP contribution in [0.15, 0.2) is 60.7 Å². The van der Waals surface area contributed by atoms with Crippen molar-refractivity contribution >= 4 is 58.0 Å². The molecule has 3 N–H and O–H groups in total. The van der Waals surface area contributed by atoms with E-state index in [1.54, 1.807) is 47.4 Å². The molecule has 0 unspecified atom stereocenters. The van der Waals surface area contributed by atoms with Gasteiger partial charge in [0.05, 0.1) is 11.6 Å². The van der Waals surface area contributed by atoms with Gasteiger partial charge in [-0.25, -0.2) is 0 Å². The molecule has 8 nitrogen and oxygen atoms in total. The van der Waals surface area contributed by atoms with Crippen molar-refractivity contribution in [2.45, 2.75) is 20.3 Å². The standard InChI is InChI=1S/C27H26Cl2N4O4/c1-16-3-7-21(11-17(16)2)30-25(34)15-37-24-10-6-20(29)13-23(24)31-32-27(36)18-12-26(35)33(14-18)22-8-4-19(28)5-9-22/h3-11,13,18,31H,12,14-15H2,1-2H3,(H,30,34)(H,32,36)/t18-/m1/s1. The molecule has 0 spiro atoms. The average Bonchev–Trinajstić information content (AvgIpc) is 3.26. The number of halogens is 2. The van der Waals surface area contributed by atoms with Gasteiger partial charge in [-0.3, -0.25) is 25.2 Å². The van der Waals surface area contributed by atoms with Crippen LogP contribution in [-0.2, 0) is 14.4 Å². The van der Waals surface area contributed by atoms with Crippen LogP contribution in [0.5, 0.6) is 5.75 Å². The minimum absolute atomic E-state index is 0.0771. The van der Waals surface area contributed by atoms with Gasteiger partial charge in [0.25, 0.3) is 5.91 Å². The fourth-order valence-corrected chi connectivity index (χ4v) is 4.17. The van der Waals surface area contributed by atoms with Crippen molar-refractivity contribution in [2.24, 2.45) is 5.92 Å². The van der Waals surface area contributed by atoms with Crippen LogP contribution in [0.4, 0.5) is 17.1 Å². The summed E-state index contributed by atoms with van der Waals surface area (Å²) in [5.74, 6) is -1.07. The van der Waals surface area contributed by atoms with E-state index >= 15 is 0 Å². The zero-order valence-electron chi connectivity index (χ0n) is 20.3. The second-order valence-corrected chi connectivity index (χ2v) is 9.65. The number of carbonyl (C=O) groups excluding carboxylic acids is 3. The summed E-state index contributed by atoms with van der Waals surface area (Å²) in [5, 5.41) is 3.78. The Kier molecular flexibility index (Phi) is 8.21. The highest BCUT2D eigenvalue weighted by Crippen LogP contribution is 2.29. The van der Waals surface area contributed by atoms with Crippen LogP contribution in [-0.4, -0.2) is 30.9 Å². The lowest BCUT2D eigenvalue weighted by atomic mass is 10.1. The normalized spacial score (nSPS) is 14.9. The van der Waals surface area contributed by atoms with Crippen molar-refractivity contribution in [3.63, 3.8) is 0 Å². The van der Waals surface area contributed by atoms with E-state index in [2.05, 4.69) is 16.2 Å². The quantitative estimate of drug-likeness (QED) is 0.344. The van der Waals surface area contributed by atoms with Gasteiger partial charge in [0.2, 0.25) is 11.8 Å². The van der Waals surface area contributed by atoms with Gasteiger partial charge in [0, 0.05) is 34.4 Å². The molecule has 37 heavy (non-hydrogen) atoms. The summed E-state index contributed by atoms with van der Waals surface area (Å²) in [7, 11) is 0. The highest BCUT2D eigenvalue weighted by molar-refractivity contribution is 6.31. The summed E-state index contributed by atoms with van der Waals surface area (Å²) in [5.41, 5.74) is 9.36. The molecule has 3 amide bonds. The lowest BCUT2D eigenvalue weighted by Crippen LogP contribution is -2.36. The fraction of sp³-hybridized carbons (Fsp3) is 0.222. The number of aryl methyl sites for hydroxylation is 2. The highest BCUT2D eigenvalue weighted by Gasteiger charge is 2.35. The summed E-state index contributed by atoms with van der Waals surface area (Å²) in [6.45, 7) is 3.96. The van der Waals surface area contributed by atoms with E-state index in [0.717, 1.165) is 11.1 Å². The Labute approximate surface area is 224 Å². The second kappa shape index (κ2) is 11.5. The summed E-state index contributed by atoms with van der Waals surface area (Å²) in [6.07, 6.45) is 0.0771. The van der Waals surface area contributed by atoms with Crippen LogP contribution in [0.2, 0.25) is 10.0 Å². The van der Waals surface area contributed by atoms with Gasteiger partial charge in [-0.15, -0.1) is 0 Å². The molecule has 0 bridgehead atoms. The first-order valence-corrected chi connectivity index (χ1v) is 12.4. The van der Waals surface area contributed by atoms with Crippen LogP contribution in [0, 0.1) is 19.8 Å². The Hall–Kier alpha value is -3.75. The zero-order valence-corrected chi connectivity index (χ0v) is 21.8. The number of hydrogen-bond donors (Lipinski definition) is 3. The Balaban J connectivity index is 1.34. The predicted octanol–water partition coefficient (Wildman–Crippen LogP) is 5.12. The number of rotatable bonds is 8. The maximum atomic E-state index is 12.8. The van der Waals surface area contributed by atoms with Crippen molar-refractivity contribution in [1.82, 2.24) is 5.43 Å². The number of carbonyl (C=O) groups is 3. The Bertz CT molecular complexity index is 1330. The van der Waals surface area contributed by atoms with Crippen LogP contribution in [0.3, 0.4) is 0 Å². The first-order valence-electron chi connectivity index (χ1n) is 11.6. The Morgan fingerprint density at radius 1 is 0.973 bits per heavy atom. The van der Waals surface area contributed by atoms with Crippen molar-refractivity contribution in [3.8, 4) is 5.75 Å². The topological polar surface area (TPSA) is 99.8 Å². The lowest BCUT2D eigenvalue weighted by Gasteiger charge is -2.18. The monoisotopic (exact) mass is 540 g/mol. The number of hydrazine groups is 1. The minimum Gasteiger partial charge on any atom is -0.482 e. The molecule has 3 aromatic carbocycles. The molecule has 1 aliphatic rings. The third-order valence-corrected chi connectivity index (χ3v) is 6.53. The van der Waals surface area contributed by atoms with E-state index in [9.17, 15) is 14.4 Å². The number of nitrogens with one attached hydrogen (secondary N) is 3. The van der Waals surface area contributed by atoms with E-state index < -0.39 is 5.92 Å². The van der Waals surface area contributed by atoms with Crippen LogP contribution >= 0.6 is 23.2 Å². The Morgan fingerprint density at radius 3 is 2.43 bits per heavy atom. The third kappa shape index (κ3) is 6.72. The molecule has 0 saturated carbocycles. The maximum absolute atomic E-state index is 12.8. The van der Waals surface area contributed by atoms with Gasteiger partial charge in [-0.2, -0.15) is 0 Å². The molecule has 0 radical (unpaired) electrons. The molecular weight excluding hydrogens is 515 g/mol. The van der Waals surface area contributed by atoms with E-state index in [0.29, 0.717) is 32.9 Å². The smallest absolute Gasteiger partial charge is 0.262 e. The fourth-order valence-electron chi connectivity index (χ4n) is 3.87. The van der Waals surface area contributed by atoms with Gasteiger partial charge in [-0.1, -0.05) is 29.3 Å². The van der Waals surface area contributed by atoms with E-state index in [1.807, 2.05) is 32.0 Å². The van der Waals surface area contributed by atoms with Gasteiger partial charge >= 0.3 is 0 Å². The van der Waals surface area contributed by atoms with Crippen LogP contribution in [0.25, 0.3) is 0 Å². The molecule has 192 valence electrons. The first kappa shape index (κ1) is 26.3. The van der Waals surface area contributed by atoms with Crippen LogP contribution < -0.4 is 25.8 Å². The van der Waals surface area contributed by atoms with Gasteiger partial charge in [-0.05, 0) is 79.6 Å². The van der Waals surface area contributed by atoms with E-state index in [-0.39, 0.29) is 37.3 Å². The molecule has 10 heteroatoms. The zero-order chi connectivity index (χ0) is 26.5. The molecule has 0 aliphatic carbocycles. The molecule has 1 heterocycles. The predicted molar refractivity (Wildman–Crippen MR) is 145 cm³/mol. The van der Waals surface area contributed by atoms with Gasteiger partial charge < -0.3 is 15.0 Å². The Morgan fingerprint density at radius 2 is 1.70 bits per heavy atom. The van der Waals surface area contributed by atoms with E-state index in [4.69, 9.17) is 27.9 Å². The van der Waals surface area contributed by atoms with Crippen molar-refractivity contribution < 1.29 is 19.1 Å². The second-order valence-electron chi connectivity index (χ2n) is 8.77. The number of nitrogens with zero attached hydrogens (tertiary/aromatic N) is 1. The third-order valence-electron chi connectivity index (χ3n) is 6.05. The molecule has 1 aliphatic heterocycles. The summed E-state index contributed by atoms with van der Waals surface area (Å²) >= 11 is 12.1. The minimum atomic E-state index is -0.553. The summed E-state index contributed by atoms with van der Waals surface area (Å²) in [6, 6.07) is 17.3. The van der Waals surface area contributed by atoms with Gasteiger partial charge in [0.1, 0.15) is 5.75 Å². The largest absolute Gasteiger partial charge is 0.482 e. The summed E-state index contributed by atoms with van der Waals surface area (Å²) < 4.78 is 5.68. The maximum Gasteiger partial charge on any atom is 0.262 e. The van der Waals surface area contributed by atoms with Crippen molar-refractivity contribution in [3.05, 3.63) is 81.8 Å². The van der Waals surface area contributed by atoms with Crippen LogP contribution in [0.1, 0.15) is 17.5 Å². The molecule has 3 aromatic rings. The number of amides is 3. The molecule has 0 aromatic heterocycles. The highest BCUT2D eigenvalue weighted by atomic mass is 35.5. The molecule has 1 saturated heterocycles. The molecule has 1 atom stereocenters. The lowest BCUT2D eigenvalue weighted by molar-refractivity contribution is -0.125. The van der Waals surface area contributed by atoms with Crippen molar-refractivity contribution in [2.75, 3.05) is 28.8 Å². The SMILES string of the molecule is Cc1ccc(NC(=O)COc2ccc(Cl)cc2NNC(=O)[C@@H]2CC(=O)N(c3ccc(Cl)cc3)C2)cc1C. The average molecular weight is 541 g/mol. The molecular formula is C27H26Cl2N4O4. The molecule has 4 rings (SSSR count).